The Morgan fingerprint density at radius 3 is 2.41 bits per heavy atom. The highest BCUT2D eigenvalue weighted by atomic mass is 32.2. The van der Waals surface area contributed by atoms with E-state index in [2.05, 4.69) is 18.0 Å². The monoisotopic (exact) mass is 278 g/mol. The fourth-order valence-corrected chi connectivity index (χ4v) is 3.04. The standard InChI is InChI=1S/C13H26O2S2/c1-3-15-13(14)9-6-4-5-7-11-17-12-8-10-16-2/h3-12H2,1-2H3. The maximum atomic E-state index is 11.1. The highest BCUT2D eigenvalue weighted by molar-refractivity contribution is 7.99. The highest BCUT2D eigenvalue weighted by Crippen LogP contribution is 2.11. The first-order valence-corrected chi connectivity index (χ1v) is 9.08. The van der Waals surface area contributed by atoms with Crippen LogP contribution >= 0.6 is 23.5 Å². The fourth-order valence-electron chi connectivity index (χ4n) is 1.47. The van der Waals surface area contributed by atoms with Crippen molar-refractivity contribution in [1.82, 2.24) is 0 Å². The molecule has 102 valence electrons. The molecule has 0 N–H and O–H groups in total. The molecule has 0 atom stereocenters. The normalized spacial score (nSPS) is 10.5. The van der Waals surface area contributed by atoms with Gasteiger partial charge in [-0.15, -0.1) is 0 Å². The average molecular weight is 278 g/mol. The molecule has 0 aliphatic heterocycles. The van der Waals surface area contributed by atoms with Crippen LogP contribution in [0.3, 0.4) is 0 Å². The summed E-state index contributed by atoms with van der Waals surface area (Å²) in [6.07, 6.45) is 8.75. The van der Waals surface area contributed by atoms with Crippen LogP contribution in [0.4, 0.5) is 0 Å². The van der Waals surface area contributed by atoms with Gasteiger partial charge in [0, 0.05) is 6.42 Å². The van der Waals surface area contributed by atoms with E-state index in [-0.39, 0.29) is 5.97 Å². The summed E-state index contributed by atoms with van der Waals surface area (Å²) in [6, 6.07) is 0. The van der Waals surface area contributed by atoms with E-state index in [0.717, 1.165) is 12.8 Å². The molecule has 0 saturated carbocycles. The van der Waals surface area contributed by atoms with Gasteiger partial charge in [0.1, 0.15) is 0 Å². The van der Waals surface area contributed by atoms with Gasteiger partial charge in [-0.2, -0.15) is 23.5 Å². The van der Waals surface area contributed by atoms with Crippen LogP contribution in [0, 0.1) is 0 Å². The van der Waals surface area contributed by atoms with Crippen molar-refractivity contribution in [3.8, 4) is 0 Å². The molecule has 0 saturated heterocycles. The Labute approximate surface area is 115 Å². The predicted molar refractivity (Wildman–Crippen MR) is 80.0 cm³/mol. The summed E-state index contributed by atoms with van der Waals surface area (Å²) < 4.78 is 4.88. The van der Waals surface area contributed by atoms with Gasteiger partial charge in [-0.1, -0.05) is 12.8 Å². The Bertz CT molecular complexity index is 175. The fraction of sp³-hybridized carbons (Fsp3) is 0.923. The molecular weight excluding hydrogens is 252 g/mol. The minimum absolute atomic E-state index is 0.0426. The SMILES string of the molecule is CCOC(=O)CCCCCCSCCCSC. The minimum atomic E-state index is -0.0426. The first kappa shape index (κ1) is 17.2. The largest absolute Gasteiger partial charge is 0.466 e. The first-order chi connectivity index (χ1) is 8.31. The van der Waals surface area contributed by atoms with Gasteiger partial charge in [0.15, 0.2) is 0 Å². The lowest BCUT2D eigenvalue weighted by atomic mass is 10.1. The first-order valence-electron chi connectivity index (χ1n) is 6.53. The predicted octanol–water partition coefficient (Wildman–Crippen LogP) is 3.99. The van der Waals surface area contributed by atoms with E-state index >= 15 is 0 Å². The zero-order valence-corrected chi connectivity index (χ0v) is 12.8. The van der Waals surface area contributed by atoms with Crippen LogP contribution in [0.5, 0.6) is 0 Å². The number of hydrogen-bond donors (Lipinski definition) is 0. The van der Waals surface area contributed by atoms with Gasteiger partial charge in [-0.05, 0) is 49.7 Å². The molecule has 0 bridgehead atoms. The Kier molecular flexibility index (Phi) is 14.4. The second-order valence-corrected chi connectivity index (χ2v) is 6.14. The molecule has 0 aliphatic carbocycles. The lowest BCUT2D eigenvalue weighted by molar-refractivity contribution is -0.143. The Hall–Kier alpha value is 0.170. The van der Waals surface area contributed by atoms with Gasteiger partial charge < -0.3 is 4.74 Å². The van der Waals surface area contributed by atoms with Crippen molar-refractivity contribution in [1.29, 1.82) is 0 Å². The summed E-state index contributed by atoms with van der Waals surface area (Å²) in [5.74, 6) is 3.81. The second kappa shape index (κ2) is 14.2. The molecule has 0 unspecified atom stereocenters. The number of hydrogen-bond acceptors (Lipinski definition) is 4. The van der Waals surface area contributed by atoms with Crippen molar-refractivity contribution in [3.05, 3.63) is 0 Å². The summed E-state index contributed by atoms with van der Waals surface area (Å²) in [5.41, 5.74) is 0. The molecule has 0 aliphatic rings. The number of rotatable bonds is 12. The minimum Gasteiger partial charge on any atom is -0.466 e. The summed E-state index contributed by atoms with van der Waals surface area (Å²) in [6.45, 7) is 2.36. The summed E-state index contributed by atoms with van der Waals surface area (Å²) >= 11 is 3.99. The smallest absolute Gasteiger partial charge is 0.305 e. The Balaban J connectivity index is 3.01. The van der Waals surface area contributed by atoms with Crippen molar-refractivity contribution in [2.75, 3.05) is 30.1 Å². The summed E-state index contributed by atoms with van der Waals surface area (Å²) in [5, 5.41) is 0. The zero-order chi connectivity index (χ0) is 12.8. The van der Waals surface area contributed by atoms with E-state index in [4.69, 9.17) is 4.74 Å². The third-order valence-electron chi connectivity index (χ3n) is 2.36. The lowest BCUT2D eigenvalue weighted by Crippen LogP contribution is -2.03. The Morgan fingerprint density at radius 1 is 1.00 bits per heavy atom. The van der Waals surface area contributed by atoms with Crippen molar-refractivity contribution in [2.45, 2.75) is 45.4 Å². The average Bonchev–Trinajstić information content (AvgIpc) is 2.32. The van der Waals surface area contributed by atoms with Crippen LogP contribution in [0.1, 0.15) is 45.4 Å². The molecule has 0 rings (SSSR count). The van der Waals surface area contributed by atoms with Gasteiger partial charge >= 0.3 is 5.97 Å². The van der Waals surface area contributed by atoms with E-state index in [1.807, 2.05) is 18.7 Å². The van der Waals surface area contributed by atoms with Crippen molar-refractivity contribution in [3.63, 3.8) is 0 Å². The number of ether oxygens (including phenoxy) is 1. The number of thioether (sulfide) groups is 2. The molecule has 0 aromatic rings. The lowest BCUT2D eigenvalue weighted by Gasteiger charge is -2.02. The summed E-state index contributed by atoms with van der Waals surface area (Å²) in [7, 11) is 0. The molecule has 0 aromatic carbocycles. The summed E-state index contributed by atoms with van der Waals surface area (Å²) in [4.78, 5) is 11.1. The molecule has 2 nitrogen and oxygen atoms in total. The van der Waals surface area contributed by atoms with Crippen LogP contribution in [-0.4, -0.2) is 36.1 Å². The number of esters is 1. The van der Waals surface area contributed by atoms with Crippen LogP contribution in [0.25, 0.3) is 0 Å². The quantitative estimate of drug-likeness (QED) is 0.398. The van der Waals surface area contributed by atoms with Gasteiger partial charge in [-0.3, -0.25) is 4.79 Å². The zero-order valence-electron chi connectivity index (χ0n) is 11.2. The van der Waals surface area contributed by atoms with E-state index in [1.165, 1.54) is 36.5 Å². The molecule has 4 heteroatoms. The van der Waals surface area contributed by atoms with Crippen LogP contribution in [0.2, 0.25) is 0 Å². The van der Waals surface area contributed by atoms with E-state index in [1.54, 1.807) is 0 Å². The van der Waals surface area contributed by atoms with Crippen LogP contribution in [-0.2, 0) is 9.53 Å². The highest BCUT2D eigenvalue weighted by Gasteiger charge is 2.00. The molecule has 0 fully saturated rings. The molecule has 0 spiro atoms. The van der Waals surface area contributed by atoms with Crippen LogP contribution < -0.4 is 0 Å². The van der Waals surface area contributed by atoms with Gasteiger partial charge in [-0.25, -0.2) is 0 Å². The third kappa shape index (κ3) is 14.1. The molecular formula is C13H26O2S2. The van der Waals surface area contributed by atoms with Crippen molar-refractivity contribution in [2.24, 2.45) is 0 Å². The Morgan fingerprint density at radius 2 is 1.71 bits per heavy atom. The number of carbonyl (C=O) groups excluding carboxylic acids is 1. The maximum absolute atomic E-state index is 11.1. The van der Waals surface area contributed by atoms with Crippen molar-refractivity contribution < 1.29 is 9.53 Å². The number of carbonyl (C=O) groups is 1. The van der Waals surface area contributed by atoms with Crippen molar-refractivity contribution >= 4 is 29.5 Å². The molecule has 0 aromatic heterocycles. The maximum Gasteiger partial charge on any atom is 0.305 e. The van der Waals surface area contributed by atoms with Gasteiger partial charge in [0.2, 0.25) is 0 Å². The second-order valence-electron chi connectivity index (χ2n) is 3.93. The number of unbranched alkanes of at least 4 members (excludes halogenated alkanes) is 3. The molecule has 17 heavy (non-hydrogen) atoms. The van der Waals surface area contributed by atoms with E-state index in [9.17, 15) is 4.79 Å². The van der Waals surface area contributed by atoms with Crippen LogP contribution in [0.15, 0.2) is 0 Å². The topological polar surface area (TPSA) is 26.3 Å². The van der Waals surface area contributed by atoms with E-state index < -0.39 is 0 Å². The molecule has 0 amide bonds. The van der Waals surface area contributed by atoms with E-state index in [0.29, 0.717) is 13.0 Å². The van der Waals surface area contributed by atoms with Gasteiger partial charge in [0.25, 0.3) is 0 Å². The third-order valence-corrected chi connectivity index (χ3v) is 4.21. The molecule has 0 radical (unpaired) electrons. The van der Waals surface area contributed by atoms with Gasteiger partial charge in [0.05, 0.1) is 6.61 Å². The molecule has 0 heterocycles.